The van der Waals surface area contributed by atoms with Gasteiger partial charge in [0.25, 0.3) is 0 Å². The molecule has 0 saturated heterocycles. The summed E-state index contributed by atoms with van der Waals surface area (Å²) >= 11 is 4.95. The molecule has 0 saturated carbocycles. The zero-order chi connectivity index (χ0) is 9.30. The summed E-state index contributed by atoms with van der Waals surface area (Å²) in [6, 6.07) is -0.556. The lowest BCUT2D eigenvalue weighted by atomic mass is 10.4. The minimum Gasteiger partial charge on any atom is -0.331 e. The van der Waals surface area contributed by atoms with E-state index in [0.29, 0.717) is 4.77 Å². The molecule has 0 aliphatic carbocycles. The third-order valence-electron chi connectivity index (χ3n) is 1.48. The number of aromatic nitrogens is 2. The van der Waals surface area contributed by atoms with Crippen LogP contribution in [0.25, 0.3) is 0 Å². The maximum absolute atomic E-state index is 10.8. The molecule has 0 radical (unpaired) electrons. The van der Waals surface area contributed by atoms with Crippen molar-refractivity contribution in [1.82, 2.24) is 4.57 Å². The molecule has 1 rings (SSSR count). The van der Waals surface area contributed by atoms with Gasteiger partial charge >= 0.3 is 10.8 Å². The fourth-order valence-corrected chi connectivity index (χ4v) is 1.18. The predicted molar refractivity (Wildman–Crippen MR) is 46.2 cm³/mol. The average molecular weight is 184 g/mol. The van der Waals surface area contributed by atoms with Crippen LogP contribution in [-0.4, -0.2) is 10.6 Å². The Kier molecular flexibility index (Phi) is 2.23. The molecule has 2 N–H and O–H groups in total. The highest BCUT2D eigenvalue weighted by Gasteiger charge is 2.09. The molecule has 1 amide bonds. The number of nitrogens with zero attached hydrogens (tertiary/aromatic N) is 2. The molecule has 1 heterocycles. The fraction of sp³-hybridized carbons (Fsp3) is 0.286. The number of aryl methyl sites for hydroxylation is 2. The fourth-order valence-electron chi connectivity index (χ4n) is 0.981. The standard InChI is InChI=1S/C7H9N3OS/c1-5-3-9(2)7(12)10(4-5)6(8)11/h3-4H,1-2H3,(H-,8,11)/p+1. The van der Waals surface area contributed by atoms with Crippen molar-refractivity contribution < 1.29 is 9.36 Å². The first-order chi connectivity index (χ1) is 5.52. The van der Waals surface area contributed by atoms with E-state index >= 15 is 0 Å². The summed E-state index contributed by atoms with van der Waals surface area (Å²) in [5, 5.41) is 0. The van der Waals surface area contributed by atoms with Gasteiger partial charge in [-0.1, -0.05) is 0 Å². The van der Waals surface area contributed by atoms with Crippen LogP contribution in [0.3, 0.4) is 0 Å². The summed E-state index contributed by atoms with van der Waals surface area (Å²) in [7, 11) is 1.77. The average Bonchev–Trinajstić information content (AvgIpc) is 1.96. The van der Waals surface area contributed by atoms with Crippen molar-refractivity contribution in [2.24, 2.45) is 12.8 Å². The Hall–Kier alpha value is -1.23. The van der Waals surface area contributed by atoms with Gasteiger partial charge in [-0.25, -0.2) is 9.36 Å². The lowest BCUT2D eigenvalue weighted by Crippen LogP contribution is -2.36. The molecular weight excluding hydrogens is 174 g/mol. The first kappa shape index (κ1) is 8.86. The predicted octanol–water partition coefficient (Wildman–Crippen LogP) is 0.277. The third-order valence-corrected chi connectivity index (χ3v) is 1.96. The topological polar surface area (TPSA) is 51.9 Å². The molecule has 1 aromatic heterocycles. The normalized spacial score (nSPS) is 9.83. The van der Waals surface area contributed by atoms with Gasteiger partial charge in [-0.15, -0.1) is 4.57 Å². The molecule has 0 spiro atoms. The molecule has 1 aromatic rings. The van der Waals surface area contributed by atoms with Crippen LogP contribution in [-0.2, 0) is 7.05 Å². The Labute approximate surface area is 75.2 Å². The van der Waals surface area contributed by atoms with E-state index in [-0.39, 0.29) is 0 Å². The highest BCUT2D eigenvalue weighted by molar-refractivity contribution is 7.71. The van der Waals surface area contributed by atoms with Crippen LogP contribution in [0.15, 0.2) is 12.4 Å². The molecule has 0 aliphatic rings. The summed E-state index contributed by atoms with van der Waals surface area (Å²) in [5.41, 5.74) is 6.03. The maximum Gasteiger partial charge on any atom is 0.411 e. The van der Waals surface area contributed by atoms with Gasteiger partial charge in [-0.3, -0.25) is 0 Å². The van der Waals surface area contributed by atoms with E-state index in [1.54, 1.807) is 17.8 Å². The number of amides is 1. The van der Waals surface area contributed by atoms with Crippen LogP contribution in [0.5, 0.6) is 0 Å². The van der Waals surface area contributed by atoms with Gasteiger partial charge in [-0.2, -0.15) is 0 Å². The second-order valence-corrected chi connectivity index (χ2v) is 2.97. The molecular formula is C7H10N3OS+. The second-order valence-electron chi connectivity index (χ2n) is 2.60. The Morgan fingerprint density at radius 2 is 2.33 bits per heavy atom. The van der Waals surface area contributed by atoms with Crippen molar-refractivity contribution in [1.29, 1.82) is 0 Å². The maximum atomic E-state index is 10.8. The first-order valence-electron chi connectivity index (χ1n) is 3.41. The summed E-state index contributed by atoms with van der Waals surface area (Å²) in [6.07, 6.45) is 3.45. The number of hydrogen-bond donors (Lipinski definition) is 1. The van der Waals surface area contributed by atoms with Crippen molar-refractivity contribution in [3.05, 3.63) is 22.7 Å². The summed E-state index contributed by atoms with van der Waals surface area (Å²) in [6.45, 7) is 1.87. The Morgan fingerprint density at radius 1 is 1.75 bits per heavy atom. The summed E-state index contributed by atoms with van der Waals surface area (Å²) in [4.78, 5) is 10.8. The van der Waals surface area contributed by atoms with Crippen molar-refractivity contribution >= 4 is 18.2 Å². The van der Waals surface area contributed by atoms with Crippen LogP contribution in [0.2, 0.25) is 0 Å². The number of carbonyl (C=O) groups excluding carboxylic acids is 1. The third kappa shape index (κ3) is 1.50. The van der Waals surface area contributed by atoms with Gasteiger partial charge in [-0.05, 0) is 6.92 Å². The van der Waals surface area contributed by atoms with E-state index in [9.17, 15) is 4.79 Å². The zero-order valence-corrected chi connectivity index (χ0v) is 7.76. The van der Waals surface area contributed by atoms with Crippen molar-refractivity contribution in [3.8, 4) is 0 Å². The smallest absolute Gasteiger partial charge is 0.331 e. The SMILES string of the molecule is Cc1cn(C(N)=O)c(=S)[n+](C)c1. The number of carbonyl (C=O) groups is 1. The number of rotatable bonds is 0. The van der Waals surface area contributed by atoms with Gasteiger partial charge in [0.05, 0.1) is 13.2 Å². The number of primary amides is 1. The highest BCUT2D eigenvalue weighted by atomic mass is 32.1. The van der Waals surface area contributed by atoms with Gasteiger partial charge in [0.1, 0.15) is 6.20 Å². The Morgan fingerprint density at radius 3 is 2.83 bits per heavy atom. The Balaban J connectivity index is 3.49. The molecule has 0 atom stereocenters. The summed E-state index contributed by atoms with van der Waals surface area (Å²) < 4.78 is 3.31. The monoisotopic (exact) mass is 184 g/mol. The molecule has 5 heteroatoms. The van der Waals surface area contributed by atoms with E-state index in [1.807, 2.05) is 13.1 Å². The van der Waals surface area contributed by atoms with Crippen molar-refractivity contribution in [2.75, 3.05) is 0 Å². The van der Waals surface area contributed by atoms with Gasteiger partial charge in [0.15, 0.2) is 0 Å². The molecule has 0 bridgehead atoms. The first-order valence-corrected chi connectivity index (χ1v) is 3.82. The van der Waals surface area contributed by atoms with E-state index in [0.717, 1.165) is 5.56 Å². The Bertz CT molecular complexity index is 383. The van der Waals surface area contributed by atoms with Gasteiger partial charge in [0.2, 0.25) is 0 Å². The lowest BCUT2D eigenvalue weighted by Gasteiger charge is -1.97. The quantitative estimate of drug-likeness (QED) is 0.465. The minimum atomic E-state index is -0.556. The van der Waals surface area contributed by atoms with Gasteiger partial charge < -0.3 is 5.73 Å². The molecule has 0 aliphatic heterocycles. The lowest BCUT2D eigenvalue weighted by molar-refractivity contribution is -0.682. The van der Waals surface area contributed by atoms with Crippen LogP contribution < -0.4 is 10.3 Å². The van der Waals surface area contributed by atoms with Crippen molar-refractivity contribution in [3.63, 3.8) is 0 Å². The van der Waals surface area contributed by atoms with Crippen LogP contribution in [0, 0.1) is 11.7 Å². The van der Waals surface area contributed by atoms with Crippen LogP contribution in [0.4, 0.5) is 4.79 Å². The largest absolute Gasteiger partial charge is 0.411 e. The van der Waals surface area contributed by atoms with E-state index in [1.165, 1.54) is 4.57 Å². The molecule has 64 valence electrons. The van der Waals surface area contributed by atoms with Crippen molar-refractivity contribution in [2.45, 2.75) is 6.92 Å². The number of hydrogen-bond acceptors (Lipinski definition) is 2. The van der Waals surface area contributed by atoms with E-state index < -0.39 is 6.03 Å². The molecule has 4 nitrogen and oxygen atoms in total. The molecule has 0 fully saturated rings. The minimum absolute atomic E-state index is 0.396. The molecule has 0 aromatic carbocycles. The van der Waals surface area contributed by atoms with Crippen LogP contribution in [0.1, 0.15) is 5.56 Å². The van der Waals surface area contributed by atoms with E-state index in [4.69, 9.17) is 18.0 Å². The summed E-state index contributed by atoms with van der Waals surface area (Å²) in [5.74, 6) is 0. The van der Waals surface area contributed by atoms with E-state index in [2.05, 4.69) is 0 Å². The molecule has 12 heavy (non-hydrogen) atoms. The highest BCUT2D eigenvalue weighted by Crippen LogP contribution is 1.92. The van der Waals surface area contributed by atoms with Crippen LogP contribution >= 0.6 is 12.2 Å². The second kappa shape index (κ2) is 3.02. The number of nitrogens with two attached hydrogens (primary N) is 1. The van der Waals surface area contributed by atoms with Gasteiger partial charge in [0, 0.05) is 17.8 Å². The zero-order valence-electron chi connectivity index (χ0n) is 6.94. The molecule has 0 unspecified atom stereocenters.